The first-order valence-corrected chi connectivity index (χ1v) is 11.9. The maximum atomic E-state index is 11.0. The summed E-state index contributed by atoms with van der Waals surface area (Å²) in [6, 6.07) is 20.8. The van der Waals surface area contributed by atoms with Crippen LogP contribution in [0.1, 0.15) is 37.1 Å². The van der Waals surface area contributed by atoms with E-state index in [0.717, 1.165) is 48.5 Å². The highest BCUT2D eigenvalue weighted by molar-refractivity contribution is 5.94. The third-order valence-electron chi connectivity index (χ3n) is 6.55. The average Bonchev–Trinajstić information content (AvgIpc) is 3.21. The van der Waals surface area contributed by atoms with Crippen molar-refractivity contribution in [1.29, 1.82) is 0 Å². The standard InChI is InChI=1S/C27H32N6O/c1-19(2)33-18-22-24(26(33)34)29-27(32-16-14-31(3)15-17-32)30-25(22)28-23(20-10-6-4-7-11-20)21-12-8-5-9-13-21/h4-13,18-19,23,34H,14-17H2,1-3H3,(H,28,29,30). The molecule has 0 bridgehead atoms. The molecule has 34 heavy (non-hydrogen) atoms. The lowest BCUT2D eigenvalue weighted by molar-refractivity contribution is 0.311. The van der Waals surface area contributed by atoms with E-state index in [4.69, 9.17) is 9.97 Å². The van der Waals surface area contributed by atoms with Crippen LogP contribution < -0.4 is 10.2 Å². The van der Waals surface area contributed by atoms with Crippen molar-refractivity contribution in [3.63, 3.8) is 0 Å². The minimum Gasteiger partial charge on any atom is -0.493 e. The lowest BCUT2D eigenvalue weighted by atomic mass is 9.98. The summed E-state index contributed by atoms with van der Waals surface area (Å²) >= 11 is 0. The zero-order valence-corrected chi connectivity index (χ0v) is 20.0. The van der Waals surface area contributed by atoms with Gasteiger partial charge in [-0.05, 0) is 32.0 Å². The summed E-state index contributed by atoms with van der Waals surface area (Å²) in [5.41, 5.74) is 2.88. The highest BCUT2D eigenvalue weighted by Gasteiger charge is 2.24. The third-order valence-corrected chi connectivity index (χ3v) is 6.55. The summed E-state index contributed by atoms with van der Waals surface area (Å²) in [6.07, 6.45) is 1.96. The second-order valence-corrected chi connectivity index (χ2v) is 9.28. The number of rotatable bonds is 6. The molecule has 7 nitrogen and oxygen atoms in total. The predicted octanol–water partition coefficient (Wildman–Crippen LogP) is 4.67. The molecule has 2 N–H and O–H groups in total. The Balaban J connectivity index is 1.63. The minimum absolute atomic E-state index is 0.0922. The smallest absolute Gasteiger partial charge is 0.228 e. The molecule has 1 saturated heterocycles. The van der Waals surface area contributed by atoms with Crippen molar-refractivity contribution in [2.24, 2.45) is 0 Å². The lowest BCUT2D eigenvalue weighted by Gasteiger charge is -2.32. The van der Waals surface area contributed by atoms with Crippen LogP contribution in [0.25, 0.3) is 10.9 Å². The first-order valence-electron chi connectivity index (χ1n) is 11.9. The van der Waals surface area contributed by atoms with Crippen molar-refractivity contribution < 1.29 is 5.11 Å². The van der Waals surface area contributed by atoms with Gasteiger partial charge in [0.2, 0.25) is 11.8 Å². The maximum Gasteiger partial charge on any atom is 0.228 e. The number of aromatic nitrogens is 3. The summed E-state index contributed by atoms with van der Waals surface area (Å²) in [6.45, 7) is 7.73. The Kier molecular flexibility index (Phi) is 6.11. The number of aromatic hydroxyl groups is 1. The van der Waals surface area contributed by atoms with Crippen LogP contribution in [0, 0.1) is 0 Å². The molecule has 2 aromatic carbocycles. The Hall–Kier alpha value is -3.58. The van der Waals surface area contributed by atoms with Gasteiger partial charge in [-0.2, -0.15) is 4.98 Å². The molecule has 0 amide bonds. The van der Waals surface area contributed by atoms with Gasteiger partial charge in [0, 0.05) is 38.4 Å². The van der Waals surface area contributed by atoms with Crippen molar-refractivity contribution in [1.82, 2.24) is 19.4 Å². The van der Waals surface area contributed by atoms with Gasteiger partial charge in [0.1, 0.15) is 11.3 Å². The van der Waals surface area contributed by atoms with E-state index in [0.29, 0.717) is 11.5 Å². The number of anilines is 2. The van der Waals surface area contributed by atoms with Gasteiger partial charge in [-0.15, -0.1) is 0 Å². The van der Waals surface area contributed by atoms with E-state index in [1.54, 1.807) is 0 Å². The molecular formula is C27H32N6O. The molecule has 0 spiro atoms. The molecule has 5 rings (SSSR count). The average molecular weight is 457 g/mol. The van der Waals surface area contributed by atoms with Crippen LogP contribution in [0.5, 0.6) is 5.88 Å². The minimum atomic E-state index is -0.0922. The number of fused-ring (bicyclic) bond motifs is 1. The monoisotopic (exact) mass is 456 g/mol. The molecular weight excluding hydrogens is 424 g/mol. The second-order valence-electron chi connectivity index (χ2n) is 9.28. The Morgan fingerprint density at radius 2 is 1.44 bits per heavy atom. The third kappa shape index (κ3) is 4.31. The molecule has 1 aliphatic heterocycles. The first-order chi connectivity index (χ1) is 16.5. The summed E-state index contributed by atoms with van der Waals surface area (Å²) in [5.74, 6) is 1.56. The molecule has 0 atom stereocenters. The Labute approximate surface area is 200 Å². The highest BCUT2D eigenvalue weighted by atomic mass is 16.3. The van der Waals surface area contributed by atoms with Crippen LogP contribution in [0.15, 0.2) is 66.9 Å². The Morgan fingerprint density at radius 1 is 0.853 bits per heavy atom. The number of nitrogens with one attached hydrogen (secondary N) is 1. The fraction of sp³-hybridized carbons (Fsp3) is 0.333. The SMILES string of the molecule is CC(C)n1cc2c(NC(c3ccccc3)c3ccccc3)nc(N3CCN(C)CC3)nc2c1O. The van der Waals surface area contributed by atoms with Gasteiger partial charge >= 0.3 is 0 Å². The first kappa shape index (κ1) is 22.2. The van der Waals surface area contributed by atoms with Crippen LogP contribution in [0.4, 0.5) is 11.8 Å². The zero-order chi connectivity index (χ0) is 23.7. The van der Waals surface area contributed by atoms with E-state index < -0.39 is 0 Å². The van der Waals surface area contributed by atoms with Gasteiger partial charge in [0.05, 0.1) is 11.4 Å². The Bertz CT molecular complexity index is 1210. The number of hydrogen-bond acceptors (Lipinski definition) is 6. The largest absolute Gasteiger partial charge is 0.493 e. The summed E-state index contributed by atoms with van der Waals surface area (Å²) in [4.78, 5) is 14.4. The van der Waals surface area contributed by atoms with Crippen LogP contribution in [0.3, 0.4) is 0 Å². The molecule has 2 aromatic heterocycles. The molecule has 1 fully saturated rings. The summed E-state index contributed by atoms with van der Waals surface area (Å²) in [7, 11) is 2.13. The maximum absolute atomic E-state index is 11.0. The van der Waals surface area contributed by atoms with E-state index >= 15 is 0 Å². The van der Waals surface area contributed by atoms with Gasteiger partial charge < -0.3 is 24.8 Å². The van der Waals surface area contributed by atoms with Gasteiger partial charge in [0.25, 0.3) is 0 Å². The van der Waals surface area contributed by atoms with Crippen molar-refractivity contribution in [3.05, 3.63) is 78.0 Å². The molecule has 0 saturated carbocycles. The number of hydrogen-bond donors (Lipinski definition) is 2. The quantitative estimate of drug-likeness (QED) is 0.439. The van der Waals surface area contributed by atoms with Crippen LogP contribution in [-0.4, -0.2) is 57.8 Å². The fourth-order valence-corrected chi connectivity index (χ4v) is 4.51. The van der Waals surface area contributed by atoms with Crippen LogP contribution >= 0.6 is 0 Å². The fourth-order valence-electron chi connectivity index (χ4n) is 4.51. The van der Waals surface area contributed by atoms with Gasteiger partial charge in [-0.3, -0.25) is 0 Å². The highest BCUT2D eigenvalue weighted by Crippen LogP contribution is 2.36. The van der Waals surface area contributed by atoms with Gasteiger partial charge in [-0.1, -0.05) is 60.7 Å². The molecule has 4 aromatic rings. The number of nitrogens with zero attached hydrogens (tertiary/aromatic N) is 5. The van der Waals surface area contributed by atoms with E-state index in [2.05, 4.69) is 84.5 Å². The topological polar surface area (TPSA) is 69.5 Å². The number of benzene rings is 2. The molecule has 0 aliphatic carbocycles. The normalized spacial score (nSPS) is 14.9. The molecule has 0 unspecified atom stereocenters. The molecule has 0 radical (unpaired) electrons. The molecule has 176 valence electrons. The van der Waals surface area contributed by atoms with Crippen molar-refractivity contribution >= 4 is 22.7 Å². The van der Waals surface area contributed by atoms with E-state index in [-0.39, 0.29) is 18.0 Å². The second kappa shape index (κ2) is 9.35. The van der Waals surface area contributed by atoms with Crippen LogP contribution in [-0.2, 0) is 0 Å². The van der Waals surface area contributed by atoms with Crippen molar-refractivity contribution in [2.75, 3.05) is 43.4 Å². The Morgan fingerprint density at radius 3 is 2.00 bits per heavy atom. The van der Waals surface area contributed by atoms with Gasteiger partial charge in [-0.25, -0.2) is 4.98 Å². The summed E-state index contributed by atoms with van der Waals surface area (Å²) in [5, 5.41) is 15.6. The predicted molar refractivity (Wildman–Crippen MR) is 138 cm³/mol. The van der Waals surface area contributed by atoms with E-state index in [9.17, 15) is 5.11 Å². The number of likely N-dealkylation sites (N-methyl/N-ethyl adjacent to an activating group) is 1. The van der Waals surface area contributed by atoms with Crippen molar-refractivity contribution in [3.8, 4) is 5.88 Å². The van der Waals surface area contributed by atoms with Crippen molar-refractivity contribution in [2.45, 2.75) is 25.9 Å². The lowest BCUT2D eigenvalue weighted by Crippen LogP contribution is -2.45. The summed E-state index contributed by atoms with van der Waals surface area (Å²) < 4.78 is 1.86. The van der Waals surface area contributed by atoms with Crippen LogP contribution in [0.2, 0.25) is 0 Å². The van der Waals surface area contributed by atoms with E-state index in [1.165, 1.54) is 0 Å². The molecule has 7 heteroatoms. The van der Waals surface area contributed by atoms with Gasteiger partial charge in [0.15, 0.2) is 0 Å². The zero-order valence-electron chi connectivity index (χ0n) is 20.0. The molecule has 3 heterocycles. The molecule has 1 aliphatic rings. The van der Waals surface area contributed by atoms with E-state index in [1.807, 2.05) is 22.9 Å². The number of piperazine rings is 1.